The summed E-state index contributed by atoms with van der Waals surface area (Å²) in [6, 6.07) is -0.809. The van der Waals surface area contributed by atoms with E-state index in [1.165, 1.54) is 14.0 Å². The van der Waals surface area contributed by atoms with Crippen molar-refractivity contribution in [2.45, 2.75) is 25.8 Å². The Bertz CT molecular complexity index is 252. The molecule has 3 N–H and O–H groups in total. The van der Waals surface area contributed by atoms with Gasteiger partial charge in [0.1, 0.15) is 18.4 Å². The molecule has 0 aliphatic carbocycles. The topological polar surface area (TPSA) is 98.5 Å². The van der Waals surface area contributed by atoms with Crippen LogP contribution in [0.3, 0.4) is 0 Å². The number of carbonyl (C=O) groups is 3. The highest BCUT2D eigenvalue weighted by atomic mass is 16.5. The van der Waals surface area contributed by atoms with Gasteiger partial charge in [-0.1, -0.05) is 0 Å². The molecule has 0 rings (SSSR count). The van der Waals surface area contributed by atoms with Crippen LogP contribution in [0.15, 0.2) is 0 Å². The Labute approximate surface area is 88.1 Å². The molecule has 15 heavy (non-hydrogen) atoms. The Morgan fingerprint density at radius 3 is 2.40 bits per heavy atom. The zero-order valence-electron chi connectivity index (χ0n) is 8.91. The maximum absolute atomic E-state index is 11.1. The fourth-order valence-electron chi connectivity index (χ4n) is 1.00. The lowest BCUT2D eigenvalue weighted by molar-refractivity contribution is -0.130. The first-order valence-electron chi connectivity index (χ1n) is 4.54. The highest BCUT2D eigenvalue weighted by molar-refractivity contribution is 5.87. The zero-order chi connectivity index (χ0) is 11.8. The maximum Gasteiger partial charge on any atom is 0.246 e. The van der Waals surface area contributed by atoms with Crippen LogP contribution in [-0.4, -0.2) is 37.4 Å². The lowest BCUT2D eigenvalue weighted by atomic mass is 10.1. The number of ether oxygens (including phenoxy) is 1. The molecule has 0 saturated heterocycles. The third kappa shape index (κ3) is 6.62. The molecule has 0 bridgehead atoms. The fourth-order valence-corrected chi connectivity index (χ4v) is 1.00. The number of carbonyl (C=O) groups excluding carboxylic acids is 3. The predicted molar refractivity (Wildman–Crippen MR) is 52.9 cm³/mol. The van der Waals surface area contributed by atoms with E-state index in [0.29, 0.717) is 0 Å². The molecule has 0 aromatic carbocycles. The summed E-state index contributed by atoms with van der Waals surface area (Å²) in [6.07, 6.45) is 0.432. The molecule has 0 unspecified atom stereocenters. The Balaban J connectivity index is 4.10. The van der Waals surface area contributed by atoms with Gasteiger partial charge in [0.25, 0.3) is 0 Å². The molecular weight excluding hydrogens is 200 g/mol. The van der Waals surface area contributed by atoms with Gasteiger partial charge in [-0.15, -0.1) is 0 Å². The second kappa shape index (κ2) is 6.94. The number of rotatable bonds is 7. The number of hydrogen-bond donors (Lipinski definition) is 2. The Hall–Kier alpha value is -1.43. The van der Waals surface area contributed by atoms with Crippen LogP contribution >= 0.6 is 0 Å². The van der Waals surface area contributed by atoms with Crippen LogP contribution in [0.2, 0.25) is 0 Å². The molecule has 0 aromatic heterocycles. The fraction of sp³-hybridized carbons (Fsp3) is 0.667. The van der Waals surface area contributed by atoms with E-state index in [1.54, 1.807) is 0 Å². The van der Waals surface area contributed by atoms with Crippen molar-refractivity contribution in [2.24, 2.45) is 5.73 Å². The van der Waals surface area contributed by atoms with Gasteiger partial charge in [0.15, 0.2) is 0 Å². The van der Waals surface area contributed by atoms with E-state index in [2.05, 4.69) is 10.1 Å². The van der Waals surface area contributed by atoms with E-state index in [9.17, 15) is 14.4 Å². The average Bonchev–Trinajstić information content (AvgIpc) is 2.11. The molecule has 0 aliphatic heterocycles. The number of nitrogens with one attached hydrogen (secondary N) is 1. The van der Waals surface area contributed by atoms with E-state index in [4.69, 9.17) is 5.73 Å². The smallest absolute Gasteiger partial charge is 0.246 e. The average molecular weight is 216 g/mol. The molecular formula is C9H16N2O4. The predicted octanol–water partition coefficient (Wildman–Crippen LogP) is -1.03. The van der Waals surface area contributed by atoms with Crippen molar-refractivity contribution in [1.82, 2.24) is 5.32 Å². The van der Waals surface area contributed by atoms with E-state index >= 15 is 0 Å². The summed E-state index contributed by atoms with van der Waals surface area (Å²) in [5.74, 6) is -1.13. The summed E-state index contributed by atoms with van der Waals surface area (Å²) < 4.78 is 4.58. The van der Waals surface area contributed by atoms with E-state index in [-0.39, 0.29) is 25.2 Å². The first kappa shape index (κ1) is 13.6. The summed E-state index contributed by atoms with van der Waals surface area (Å²) in [6.45, 7) is 1.28. The highest BCUT2D eigenvalue weighted by Gasteiger charge is 2.17. The van der Waals surface area contributed by atoms with Crippen molar-refractivity contribution < 1.29 is 19.1 Å². The molecule has 0 fully saturated rings. The van der Waals surface area contributed by atoms with Crippen LogP contribution in [0, 0.1) is 0 Å². The number of hydrogen-bond acceptors (Lipinski definition) is 4. The maximum atomic E-state index is 11.1. The van der Waals surface area contributed by atoms with Gasteiger partial charge >= 0.3 is 0 Å². The quantitative estimate of drug-likeness (QED) is 0.568. The molecule has 0 spiro atoms. The third-order valence-corrected chi connectivity index (χ3v) is 1.74. The molecule has 6 heteroatoms. The number of primary amides is 1. The Morgan fingerprint density at radius 1 is 1.40 bits per heavy atom. The van der Waals surface area contributed by atoms with Gasteiger partial charge in [0.2, 0.25) is 11.8 Å². The number of methoxy groups -OCH3 is 1. The van der Waals surface area contributed by atoms with Gasteiger partial charge < -0.3 is 20.6 Å². The molecule has 2 amide bonds. The van der Waals surface area contributed by atoms with Crippen LogP contribution in [0.25, 0.3) is 0 Å². The Morgan fingerprint density at radius 2 is 2.00 bits per heavy atom. The van der Waals surface area contributed by atoms with Gasteiger partial charge in [-0.25, -0.2) is 0 Å². The van der Waals surface area contributed by atoms with Crippen molar-refractivity contribution in [3.8, 4) is 0 Å². The minimum Gasteiger partial charge on any atom is -0.375 e. The van der Waals surface area contributed by atoms with Crippen molar-refractivity contribution in [3.05, 3.63) is 0 Å². The van der Waals surface area contributed by atoms with Crippen LogP contribution < -0.4 is 11.1 Å². The molecule has 0 radical (unpaired) electrons. The number of ketones is 1. The molecule has 0 saturated carbocycles. The van der Waals surface area contributed by atoms with Gasteiger partial charge in [0.05, 0.1) is 0 Å². The summed E-state index contributed by atoms with van der Waals surface area (Å²) >= 11 is 0. The highest BCUT2D eigenvalue weighted by Crippen LogP contribution is 1.97. The minimum atomic E-state index is -0.809. The van der Waals surface area contributed by atoms with E-state index < -0.39 is 17.9 Å². The lowest BCUT2D eigenvalue weighted by Crippen LogP contribution is -2.45. The number of Topliss-reactive ketones (excluding diaryl/α,β-unsaturated/α-hetero) is 1. The second-order valence-electron chi connectivity index (χ2n) is 3.20. The molecule has 6 nitrogen and oxygen atoms in total. The zero-order valence-corrected chi connectivity index (χ0v) is 8.91. The SMILES string of the molecule is COCC(=O)N[C@@H](CCC(C)=O)C(N)=O. The summed E-state index contributed by atoms with van der Waals surface area (Å²) in [4.78, 5) is 32.7. The second-order valence-corrected chi connectivity index (χ2v) is 3.20. The van der Waals surface area contributed by atoms with Crippen molar-refractivity contribution in [2.75, 3.05) is 13.7 Å². The van der Waals surface area contributed by atoms with Gasteiger partial charge in [-0.3, -0.25) is 9.59 Å². The number of nitrogens with two attached hydrogens (primary N) is 1. The van der Waals surface area contributed by atoms with Gasteiger partial charge in [0, 0.05) is 13.5 Å². The molecule has 0 aromatic rings. The normalized spacial score (nSPS) is 11.9. The van der Waals surface area contributed by atoms with Crippen molar-refractivity contribution in [1.29, 1.82) is 0 Å². The van der Waals surface area contributed by atoms with Gasteiger partial charge in [-0.05, 0) is 13.3 Å². The van der Waals surface area contributed by atoms with E-state index in [0.717, 1.165) is 0 Å². The van der Waals surface area contributed by atoms with Crippen LogP contribution in [-0.2, 0) is 19.1 Å². The third-order valence-electron chi connectivity index (χ3n) is 1.74. The first-order valence-corrected chi connectivity index (χ1v) is 4.54. The molecule has 0 heterocycles. The Kier molecular flexibility index (Phi) is 6.28. The summed E-state index contributed by atoms with van der Waals surface area (Å²) in [5, 5.41) is 2.38. The lowest BCUT2D eigenvalue weighted by Gasteiger charge is -2.14. The number of amides is 2. The summed E-state index contributed by atoms with van der Waals surface area (Å²) in [5.41, 5.74) is 5.06. The largest absolute Gasteiger partial charge is 0.375 e. The van der Waals surface area contributed by atoms with E-state index in [1.807, 2.05) is 0 Å². The van der Waals surface area contributed by atoms with Crippen LogP contribution in [0.1, 0.15) is 19.8 Å². The molecule has 0 aliphatic rings. The van der Waals surface area contributed by atoms with Crippen molar-refractivity contribution >= 4 is 17.6 Å². The van der Waals surface area contributed by atoms with Crippen molar-refractivity contribution in [3.63, 3.8) is 0 Å². The summed E-state index contributed by atoms with van der Waals surface area (Å²) in [7, 11) is 1.37. The first-order chi connectivity index (χ1) is 6.97. The van der Waals surface area contributed by atoms with Gasteiger partial charge in [-0.2, -0.15) is 0 Å². The standard InChI is InChI=1S/C9H16N2O4/c1-6(12)3-4-7(9(10)14)11-8(13)5-15-2/h7H,3-5H2,1-2H3,(H2,10,14)(H,11,13)/t7-/m0/s1. The molecule has 1 atom stereocenters. The molecule has 86 valence electrons. The van der Waals surface area contributed by atoms with Crippen LogP contribution in [0.4, 0.5) is 0 Å². The minimum absolute atomic E-state index is 0.0535. The monoisotopic (exact) mass is 216 g/mol. The van der Waals surface area contributed by atoms with Crippen LogP contribution in [0.5, 0.6) is 0 Å².